The van der Waals surface area contributed by atoms with Crippen LogP contribution in [0.4, 0.5) is 0 Å². The van der Waals surface area contributed by atoms with Crippen LogP contribution in [0.15, 0.2) is 24.4 Å². The van der Waals surface area contributed by atoms with Crippen molar-refractivity contribution in [1.82, 2.24) is 24.7 Å². The summed E-state index contributed by atoms with van der Waals surface area (Å²) in [6.07, 6.45) is 1.86. The molecule has 0 atom stereocenters. The van der Waals surface area contributed by atoms with Gasteiger partial charge in [0.15, 0.2) is 11.6 Å². The number of carbonyl (C=O) groups excluding carboxylic acids is 1. The second kappa shape index (κ2) is 4.94. The van der Waals surface area contributed by atoms with E-state index in [1.165, 1.54) is 0 Å². The average molecular weight is 298 g/mol. The summed E-state index contributed by atoms with van der Waals surface area (Å²) in [5.74, 6) is 0.580. The van der Waals surface area contributed by atoms with Gasteiger partial charge in [-0.25, -0.2) is 14.6 Å². The number of hydrogen-bond donors (Lipinski definition) is 2. The Bertz CT molecular complexity index is 839. The third kappa shape index (κ3) is 2.57. The molecule has 3 aromatic heterocycles. The highest BCUT2D eigenvalue weighted by Crippen LogP contribution is 2.24. The monoisotopic (exact) mass is 298 g/mol. The van der Waals surface area contributed by atoms with E-state index < -0.39 is 5.91 Å². The van der Waals surface area contributed by atoms with Crippen LogP contribution in [0.2, 0.25) is 0 Å². The second-order valence-corrected chi connectivity index (χ2v) is 6.19. The number of primary amides is 1. The summed E-state index contributed by atoms with van der Waals surface area (Å²) in [6, 6.07) is 5.83. The molecule has 0 aliphatic heterocycles. The third-order valence-corrected chi connectivity index (χ3v) is 3.26. The maximum Gasteiger partial charge on any atom is 0.225 e. The van der Waals surface area contributed by atoms with E-state index in [4.69, 9.17) is 5.73 Å². The van der Waals surface area contributed by atoms with E-state index in [-0.39, 0.29) is 12.0 Å². The molecule has 0 fully saturated rings. The number of carbonyl (C=O) groups is 1. The number of nitrogens with two attached hydrogens (primary N) is 1. The van der Waals surface area contributed by atoms with Gasteiger partial charge in [0.2, 0.25) is 5.91 Å². The number of fused-ring (bicyclic) bond motifs is 1. The van der Waals surface area contributed by atoms with E-state index in [0.29, 0.717) is 17.3 Å². The zero-order valence-electron chi connectivity index (χ0n) is 12.8. The van der Waals surface area contributed by atoms with Crippen LogP contribution in [0.25, 0.3) is 22.6 Å². The molecule has 22 heavy (non-hydrogen) atoms. The van der Waals surface area contributed by atoms with Crippen molar-refractivity contribution >= 4 is 16.9 Å². The van der Waals surface area contributed by atoms with Gasteiger partial charge in [-0.3, -0.25) is 4.79 Å². The molecule has 7 heteroatoms. The molecule has 3 aromatic rings. The van der Waals surface area contributed by atoms with Crippen molar-refractivity contribution in [1.29, 1.82) is 0 Å². The molecule has 3 rings (SSSR count). The molecule has 0 saturated carbocycles. The lowest BCUT2D eigenvalue weighted by Gasteiger charge is -2.20. The lowest BCUT2D eigenvalue weighted by Crippen LogP contribution is -2.24. The number of H-pyrrole nitrogens is 1. The standard InChI is InChI=1S/C15H18N6O/c1-15(2,3)21-14(19-12(20-21)8-11(16)22)10-5-4-9-6-7-17-13(9)18-10/h4-7H,8H2,1-3H3,(H2,16,22)(H,17,18). The second-order valence-electron chi connectivity index (χ2n) is 6.19. The van der Waals surface area contributed by atoms with E-state index >= 15 is 0 Å². The minimum Gasteiger partial charge on any atom is -0.369 e. The number of pyridine rings is 1. The first kappa shape index (κ1) is 14.2. The molecule has 1 amide bonds. The van der Waals surface area contributed by atoms with Crippen LogP contribution in [0, 0.1) is 0 Å². The number of hydrogen-bond acceptors (Lipinski definition) is 4. The number of amides is 1. The predicted octanol–water partition coefficient (Wildman–Crippen LogP) is 1.60. The number of rotatable bonds is 3. The summed E-state index contributed by atoms with van der Waals surface area (Å²) in [6.45, 7) is 6.06. The molecular weight excluding hydrogens is 280 g/mol. The molecule has 0 aromatic carbocycles. The van der Waals surface area contributed by atoms with E-state index in [1.54, 1.807) is 4.68 Å². The molecule has 3 N–H and O–H groups in total. The van der Waals surface area contributed by atoms with Gasteiger partial charge in [0, 0.05) is 11.6 Å². The minimum atomic E-state index is -0.453. The molecule has 7 nitrogen and oxygen atoms in total. The summed E-state index contributed by atoms with van der Waals surface area (Å²) in [5, 5.41) is 5.45. The lowest BCUT2D eigenvalue weighted by molar-refractivity contribution is -0.117. The molecular formula is C15H18N6O. The molecule has 3 heterocycles. The molecule has 0 bridgehead atoms. The first-order valence-corrected chi connectivity index (χ1v) is 7.04. The Kier molecular flexibility index (Phi) is 3.20. The van der Waals surface area contributed by atoms with E-state index in [9.17, 15) is 4.79 Å². The summed E-state index contributed by atoms with van der Waals surface area (Å²) in [4.78, 5) is 23.2. The van der Waals surface area contributed by atoms with Crippen molar-refractivity contribution in [2.75, 3.05) is 0 Å². The van der Waals surface area contributed by atoms with Gasteiger partial charge in [0.1, 0.15) is 11.3 Å². The van der Waals surface area contributed by atoms with Gasteiger partial charge in [-0.1, -0.05) is 0 Å². The van der Waals surface area contributed by atoms with Crippen molar-refractivity contribution in [2.45, 2.75) is 32.7 Å². The summed E-state index contributed by atoms with van der Waals surface area (Å²) >= 11 is 0. The van der Waals surface area contributed by atoms with Gasteiger partial charge in [0.05, 0.1) is 12.0 Å². The minimum absolute atomic E-state index is 0.0147. The van der Waals surface area contributed by atoms with Crippen molar-refractivity contribution in [3.63, 3.8) is 0 Å². The Hall–Kier alpha value is -2.70. The Labute approximate surface area is 127 Å². The maximum absolute atomic E-state index is 11.1. The first-order chi connectivity index (χ1) is 10.3. The highest BCUT2D eigenvalue weighted by molar-refractivity contribution is 5.78. The number of aromatic nitrogens is 5. The van der Waals surface area contributed by atoms with E-state index in [2.05, 4.69) is 20.1 Å². The van der Waals surface area contributed by atoms with Crippen molar-refractivity contribution in [3.05, 3.63) is 30.2 Å². The van der Waals surface area contributed by atoms with Crippen LogP contribution < -0.4 is 5.73 Å². The lowest BCUT2D eigenvalue weighted by atomic mass is 10.1. The fraction of sp³-hybridized carbons (Fsp3) is 0.333. The molecule has 0 aliphatic carbocycles. The van der Waals surface area contributed by atoms with Crippen LogP contribution in [0.5, 0.6) is 0 Å². The molecule has 114 valence electrons. The van der Waals surface area contributed by atoms with Gasteiger partial charge in [-0.15, -0.1) is 0 Å². The summed E-state index contributed by atoms with van der Waals surface area (Å²) in [7, 11) is 0. The van der Waals surface area contributed by atoms with Crippen LogP contribution in [0.3, 0.4) is 0 Å². The Morgan fingerprint density at radius 2 is 2.05 bits per heavy atom. The molecule has 0 saturated heterocycles. The first-order valence-electron chi connectivity index (χ1n) is 7.04. The third-order valence-electron chi connectivity index (χ3n) is 3.26. The molecule has 0 spiro atoms. The Morgan fingerprint density at radius 1 is 1.27 bits per heavy atom. The average Bonchev–Trinajstić information content (AvgIpc) is 3.02. The smallest absolute Gasteiger partial charge is 0.225 e. The fourth-order valence-electron chi connectivity index (χ4n) is 2.27. The van der Waals surface area contributed by atoms with Crippen molar-refractivity contribution in [2.24, 2.45) is 5.73 Å². The Balaban J connectivity index is 2.14. The van der Waals surface area contributed by atoms with Gasteiger partial charge in [-0.05, 0) is 39.0 Å². The van der Waals surface area contributed by atoms with Gasteiger partial charge in [0.25, 0.3) is 0 Å². The van der Waals surface area contributed by atoms with Crippen molar-refractivity contribution < 1.29 is 4.79 Å². The quantitative estimate of drug-likeness (QED) is 0.766. The Morgan fingerprint density at radius 3 is 2.73 bits per heavy atom. The van der Waals surface area contributed by atoms with E-state index in [0.717, 1.165) is 11.0 Å². The van der Waals surface area contributed by atoms with Crippen LogP contribution in [0.1, 0.15) is 26.6 Å². The zero-order chi connectivity index (χ0) is 15.9. The molecule has 0 radical (unpaired) electrons. The molecule has 0 aliphatic rings. The fourth-order valence-corrected chi connectivity index (χ4v) is 2.27. The largest absolute Gasteiger partial charge is 0.369 e. The van der Waals surface area contributed by atoms with Gasteiger partial charge < -0.3 is 10.7 Å². The SMILES string of the molecule is CC(C)(C)n1nc(CC(N)=O)nc1-c1ccc2cc[nH]c2n1. The predicted molar refractivity (Wildman–Crippen MR) is 83.0 cm³/mol. The highest BCUT2D eigenvalue weighted by Gasteiger charge is 2.23. The topological polar surface area (TPSA) is 102 Å². The normalized spacial score (nSPS) is 12.0. The maximum atomic E-state index is 11.1. The highest BCUT2D eigenvalue weighted by atomic mass is 16.1. The molecule has 0 unspecified atom stereocenters. The summed E-state index contributed by atoms with van der Waals surface area (Å²) < 4.78 is 1.78. The van der Waals surface area contributed by atoms with E-state index in [1.807, 2.05) is 45.2 Å². The van der Waals surface area contributed by atoms with Crippen LogP contribution in [-0.4, -0.2) is 30.6 Å². The van der Waals surface area contributed by atoms with Crippen molar-refractivity contribution in [3.8, 4) is 11.5 Å². The van der Waals surface area contributed by atoms with Crippen LogP contribution >= 0.6 is 0 Å². The number of nitrogens with one attached hydrogen (secondary N) is 1. The number of aromatic amines is 1. The van der Waals surface area contributed by atoms with Gasteiger partial charge >= 0.3 is 0 Å². The zero-order valence-corrected chi connectivity index (χ0v) is 12.8. The van der Waals surface area contributed by atoms with Gasteiger partial charge in [-0.2, -0.15) is 5.10 Å². The van der Waals surface area contributed by atoms with Crippen LogP contribution in [-0.2, 0) is 16.8 Å². The summed E-state index contributed by atoms with van der Waals surface area (Å²) in [5.41, 5.74) is 6.45. The number of nitrogens with zero attached hydrogens (tertiary/aromatic N) is 4.